The van der Waals surface area contributed by atoms with Crippen molar-refractivity contribution in [3.05, 3.63) is 71.9 Å². The van der Waals surface area contributed by atoms with Crippen LogP contribution in [0.2, 0.25) is 0 Å². The van der Waals surface area contributed by atoms with E-state index in [1.165, 1.54) is 6.07 Å². The molecule has 0 unspecified atom stereocenters. The van der Waals surface area contributed by atoms with Crippen LogP contribution < -0.4 is 0 Å². The summed E-state index contributed by atoms with van der Waals surface area (Å²) in [7, 11) is 0. The minimum absolute atomic E-state index is 0.0224. The lowest BCUT2D eigenvalue weighted by molar-refractivity contribution is 0.0534. The molecule has 0 saturated carbocycles. The van der Waals surface area contributed by atoms with Crippen LogP contribution >= 0.6 is 0 Å². The molecule has 136 valence electrons. The van der Waals surface area contributed by atoms with Gasteiger partial charge in [-0.3, -0.25) is 14.6 Å². The van der Waals surface area contributed by atoms with Crippen LogP contribution in [0.4, 0.5) is 0 Å². The Morgan fingerprint density at radius 1 is 0.852 bits per heavy atom. The second-order valence-corrected chi connectivity index (χ2v) is 6.51. The van der Waals surface area contributed by atoms with Gasteiger partial charge < -0.3 is 14.9 Å². The van der Waals surface area contributed by atoms with Crippen LogP contribution in [0.1, 0.15) is 20.7 Å². The van der Waals surface area contributed by atoms with Crippen molar-refractivity contribution >= 4 is 22.7 Å². The third-order valence-corrected chi connectivity index (χ3v) is 4.84. The summed E-state index contributed by atoms with van der Waals surface area (Å²) in [6.45, 7) is 1.80. The van der Waals surface area contributed by atoms with E-state index in [0.29, 0.717) is 37.3 Å². The molecule has 2 heterocycles. The molecule has 4 rings (SSSR count). The van der Waals surface area contributed by atoms with Gasteiger partial charge in [0.1, 0.15) is 5.75 Å². The topological polar surface area (TPSA) is 73.7 Å². The predicted molar refractivity (Wildman–Crippen MR) is 102 cm³/mol. The maximum atomic E-state index is 12.8. The van der Waals surface area contributed by atoms with E-state index in [1.54, 1.807) is 40.3 Å². The van der Waals surface area contributed by atoms with Gasteiger partial charge in [-0.1, -0.05) is 18.2 Å². The molecule has 1 fully saturated rings. The number of amides is 2. The van der Waals surface area contributed by atoms with Gasteiger partial charge in [-0.15, -0.1) is 0 Å². The number of benzene rings is 2. The average molecular weight is 361 g/mol. The Hall–Kier alpha value is -3.41. The highest BCUT2D eigenvalue weighted by Crippen LogP contribution is 2.20. The third kappa shape index (κ3) is 3.33. The number of pyridine rings is 1. The van der Waals surface area contributed by atoms with Gasteiger partial charge in [0.2, 0.25) is 0 Å². The maximum Gasteiger partial charge on any atom is 0.257 e. The minimum Gasteiger partial charge on any atom is -0.507 e. The molecule has 0 spiro atoms. The number of carbonyl (C=O) groups is 2. The Morgan fingerprint density at radius 2 is 1.56 bits per heavy atom. The van der Waals surface area contributed by atoms with E-state index >= 15 is 0 Å². The first-order valence-electron chi connectivity index (χ1n) is 8.85. The zero-order valence-electron chi connectivity index (χ0n) is 14.7. The number of rotatable bonds is 2. The van der Waals surface area contributed by atoms with Crippen molar-refractivity contribution in [2.75, 3.05) is 26.2 Å². The van der Waals surface area contributed by atoms with Gasteiger partial charge >= 0.3 is 0 Å². The first-order valence-corrected chi connectivity index (χ1v) is 8.85. The van der Waals surface area contributed by atoms with Crippen molar-refractivity contribution < 1.29 is 14.7 Å². The second kappa shape index (κ2) is 7.07. The summed E-state index contributed by atoms with van der Waals surface area (Å²) in [4.78, 5) is 33.1. The molecule has 0 aliphatic carbocycles. The Morgan fingerprint density at radius 3 is 2.30 bits per heavy atom. The molecular formula is C21H19N3O3. The summed E-state index contributed by atoms with van der Waals surface area (Å²) in [5.41, 5.74) is 1.77. The van der Waals surface area contributed by atoms with Gasteiger partial charge in [-0.05, 0) is 36.4 Å². The van der Waals surface area contributed by atoms with Gasteiger partial charge in [0.05, 0.1) is 11.1 Å². The van der Waals surface area contributed by atoms with E-state index in [-0.39, 0.29) is 17.6 Å². The van der Waals surface area contributed by atoms with Crippen molar-refractivity contribution in [2.24, 2.45) is 0 Å². The number of hydrogen-bond donors (Lipinski definition) is 1. The number of piperazine rings is 1. The molecule has 6 heteroatoms. The Bertz CT molecular complexity index is 1010. The van der Waals surface area contributed by atoms with Crippen LogP contribution in [-0.2, 0) is 0 Å². The molecule has 1 aliphatic heterocycles. The molecule has 1 N–H and O–H groups in total. The number of phenolic OH excluding ortho intramolecular Hbond substituents is 1. The van der Waals surface area contributed by atoms with Crippen LogP contribution in [0.25, 0.3) is 10.9 Å². The van der Waals surface area contributed by atoms with E-state index in [9.17, 15) is 14.7 Å². The summed E-state index contributed by atoms with van der Waals surface area (Å²) in [6, 6.07) is 15.8. The van der Waals surface area contributed by atoms with E-state index in [1.807, 2.05) is 24.3 Å². The molecular weight excluding hydrogens is 342 g/mol. The number of aromatic hydroxyl groups is 1. The standard InChI is InChI=1S/C21H19N3O3/c25-19-6-2-1-5-17(19)21(27)24-12-10-23(11-13-24)20(26)16-7-8-18-15(14-16)4-3-9-22-18/h1-9,14,25H,10-13H2. The minimum atomic E-state index is -0.211. The first kappa shape index (κ1) is 17.0. The molecule has 1 saturated heterocycles. The highest BCUT2D eigenvalue weighted by atomic mass is 16.3. The molecule has 0 radical (unpaired) electrons. The van der Waals surface area contributed by atoms with E-state index < -0.39 is 0 Å². The van der Waals surface area contributed by atoms with Crippen molar-refractivity contribution in [1.82, 2.24) is 14.8 Å². The largest absolute Gasteiger partial charge is 0.507 e. The van der Waals surface area contributed by atoms with Crippen molar-refractivity contribution in [1.29, 1.82) is 0 Å². The van der Waals surface area contributed by atoms with Crippen LogP contribution in [0.5, 0.6) is 5.75 Å². The molecule has 3 aromatic rings. The van der Waals surface area contributed by atoms with Gasteiger partial charge in [0, 0.05) is 43.3 Å². The number of fused-ring (bicyclic) bond motifs is 1. The van der Waals surface area contributed by atoms with Crippen LogP contribution in [0.15, 0.2) is 60.8 Å². The Kier molecular flexibility index (Phi) is 4.46. The molecule has 0 atom stereocenters. The highest BCUT2D eigenvalue weighted by molar-refractivity contribution is 5.99. The predicted octanol–water partition coefficient (Wildman–Crippen LogP) is 2.54. The zero-order chi connectivity index (χ0) is 18.8. The van der Waals surface area contributed by atoms with Crippen molar-refractivity contribution in [3.8, 4) is 5.75 Å². The molecule has 2 amide bonds. The molecule has 2 aromatic carbocycles. The number of nitrogens with zero attached hydrogens (tertiary/aromatic N) is 3. The monoisotopic (exact) mass is 361 g/mol. The summed E-state index contributed by atoms with van der Waals surface area (Å²) >= 11 is 0. The van der Waals surface area contributed by atoms with Gasteiger partial charge in [0.15, 0.2) is 0 Å². The Balaban J connectivity index is 1.44. The number of para-hydroxylation sites is 1. The first-order chi connectivity index (χ1) is 13.1. The third-order valence-electron chi connectivity index (χ3n) is 4.84. The molecule has 6 nitrogen and oxygen atoms in total. The normalized spacial score (nSPS) is 14.4. The number of phenols is 1. The average Bonchev–Trinajstić information content (AvgIpc) is 2.73. The number of aromatic nitrogens is 1. The zero-order valence-corrected chi connectivity index (χ0v) is 14.7. The fourth-order valence-corrected chi connectivity index (χ4v) is 3.33. The molecule has 0 bridgehead atoms. The van der Waals surface area contributed by atoms with Crippen molar-refractivity contribution in [3.63, 3.8) is 0 Å². The second-order valence-electron chi connectivity index (χ2n) is 6.51. The smallest absolute Gasteiger partial charge is 0.257 e. The van der Waals surface area contributed by atoms with E-state index in [4.69, 9.17) is 0 Å². The van der Waals surface area contributed by atoms with Gasteiger partial charge in [-0.2, -0.15) is 0 Å². The number of carbonyl (C=O) groups excluding carboxylic acids is 2. The summed E-state index contributed by atoms with van der Waals surface area (Å²) in [6.07, 6.45) is 1.73. The maximum absolute atomic E-state index is 12.8. The van der Waals surface area contributed by atoms with Gasteiger partial charge in [-0.25, -0.2) is 0 Å². The quantitative estimate of drug-likeness (QED) is 0.761. The Labute approximate surface area is 156 Å². The van der Waals surface area contributed by atoms with Crippen LogP contribution in [-0.4, -0.2) is 57.9 Å². The fourth-order valence-electron chi connectivity index (χ4n) is 3.33. The SMILES string of the molecule is O=C(c1ccc2ncccc2c1)N1CCN(C(=O)c2ccccc2O)CC1. The van der Waals surface area contributed by atoms with E-state index in [2.05, 4.69) is 4.98 Å². The van der Waals surface area contributed by atoms with Gasteiger partial charge in [0.25, 0.3) is 11.8 Å². The fraction of sp³-hybridized carbons (Fsp3) is 0.190. The van der Waals surface area contributed by atoms with Crippen LogP contribution in [0.3, 0.4) is 0 Å². The summed E-state index contributed by atoms with van der Waals surface area (Å²) in [5.74, 6) is -0.279. The van der Waals surface area contributed by atoms with E-state index in [0.717, 1.165) is 10.9 Å². The lowest BCUT2D eigenvalue weighted by atomic mass is 10.1. The lowest BCUT2D eigenvalue weighted by Crippen LogP contribution is -2.50. The number of hydrogen-bond acceptors (Lipinski definition) is 4. The highest BCUT2D eigenvalue weighted by Gasteiger charge is 2.26. The van der Waals surface area contributed by atoms with Crippen molar-refractivity contribution in [2.45, 2.75) is 0 Å². The lowest BCUT2D eigenvalue weighted by Gasteiger charge is -2.35. The molecule has 1 aliphatic rings. The summed E-state index contributed by atoms with van der Waals surface area (Å²) < 4.78 is 0. The van der Waals surface area contributed by atoms with Crippen LogP contribution in [0, 0.1) is 0 Å². The summed E-state index contributed by atoms with van der Waals surface area (Å²) in [5, 5.41) is 10.8. The molecule has 1 aromatic heterocycles. The molecule has 27 heavy (non-hydrogen) atoms.